The van der Waals surface area contributed by atoms with Crippen molar-refractivity contribution in [1.29, 1.82) is 0 Å². The van der Waals surface area contributed by atoms with E-state index in [4.69, 9.17) is 5.73 Å². The lowest BCUT2D eigenvalue weighted by molar-refractivity contribution is 0.100. The number of rotatable bonds is 9. The summed E-state index contributed by atoms with van der Waals surface area (Å²) in [7, 11) is 0. The number of carbonyl (C=O) groups is 1. The minimum absolute atomic E-state index is 0.0291. The maximum atomic E-state index is 12.4. The summed E-state index contributed by atoms with van der Waals surface area (Å²) in [4.78, 5) is 20.5. The number of hydrogen-bond donors (Lipinski definition) is 4. The van der Waals surface area contributed by atoms with Crippen LogP contribution in [0.4, 0.5) is 5.82 Å². The number of nitrogens with two attached hydrogens (primary N) is 1. The number of aliphatic hydroxyl groups is 1. The summed E-state index contributed by atoms with van der Waals surface area (Å²) in [6.45, 7) is 6.18. The van der Waals surface area contributed by atoms with Gasteiger partial charge in [-0.25, -0.2) is 4.98 Å². The summed E-state index contributed by atoms with van der Waals surface area (Å²) in [6.07, 6.45) is 7.60. The summed E-state index contributed by atoms with van der Waals surface area (Å²) in [6, 6.07) is 2.52. The van der Waals surface area contributed by atoms with Crippen molar-refractivity contribution < 1.29 is 9.90 Å². The van der Waals surface area contributed by atoms with Crippen molar-refractivity contribution in [1.82, 2.24) is 10.3 Å². The normalized spacial score (nSPS) is 17.7. The average molecular weight is 376 g/mol. The lowest BCUT2D eigenvalue weighted by atomic mass is 9.96. The predicted molar refractivity (Wildman–Crippen MR) is 109 cm³/mol. The van der Waals surface area contributed by atoms with Gasteiger partial charge in [-0.3, -0.25) is 4.79 Å². The Bertz CT molecular complexity index is 652. The zero-order chi connectivity index (χ0) is 19.8. The molecule has 2 unspecified atom stereocenters. The van der Waals surface area contributed by atoms with Crippen LogP contribution in [0.1, 0.15) is 61.9 Å². The van der Waals surface area contributed by atoms with Crippen molar-refractivity contribution in [3.05, 3.63) is 23.4 Å². The van der Waals surface area contributed by atoms with Crippen LogP contribution in [-0.2, 0) is 0 Å². The summed E-state index contributed by atoms with van der Waals surface area (Å²) in [5.74, 6) is 0.309. The molecule has 27 heavy (non-hydrogen) atoms. The molecule has 1 aliphatic rings. The van der Waals surface area contributed by atoms with Gasteiger partial charge in [0, 0.05) is 37.4 Å². The van der Waals surface area contributed by atoms with Gasteiger partial charge in [0.15, 0.2) is 0 Å². The Morgan fingerprint density at radius 1 is 1.44 bits per heavy atom. The highest BCUT2D eigenvalue weighted by Gasteiger charge is 2.25. The molecule has 1 heterocycles. The van der Waals surface area contributed by atoms with E-state index in [0.29, 0.717) is 24.0 Å². The third kappa shape index (κ3) is 6.29. The molecule has 0 aromatic carbocycles. The second-order valence-corrected chi connectivity index (χ2v) is 7.45. The molecule has 1 aliphatic carbocycles. The van der Waals surface area contributed by atoms with E-state index >= 15 is 0 Å². The summed E-state index contributed by atoms with van der Waals surface area (Å²) in [5.41, 5.74) is 6.82. The van der Waals surface area contributed by atoms with Crippen molar-refractivity contribution >= 4 is 17.6 Å². The molecule has 7 nitrogen and oxygen atoms in total. The molecule has 5 N–H and O–H groups in total. The van der Waals surface area contributed by atoms with E-state index < -0.39 is 5.91 Å². The number of anilines is 1. The Labute approximate surface area is 161 Å². The smallest absolute Gasteiger partial charge is 0.282 e. The van der Waals surface area contributed by atoms with Crippen LogP contribution >= 0.6 is 0 Å². The minimum Gasteiger partial charge on any atom is -0.396 e. The molecule has 1 aromatic rings. The van der Waals surface area contributed by atoms with Crippen molar-refractivity contribution in [2.45, 2.75) is 65.0 Å². The molecule has 0 saturated heterocycles. The lowest BCUT2D eigenvalue weighted by Crippen LogP contribution is -2.45. The van der Waals surface area contributed by atoms with E-state index in [0.717, 1.165) is 12.0 Å². The highest BCUT2D eigenvalue weighted by atomic mass is 16.3. The molecule has 2 rings (SSSR count). The number of amides is 1. The number of aryl methyl sites for hydroxylation is 1. The molecule has 2 atom stereocenters. The van der Waals surface area contributed by atoms with Crippen molar-refractivity contribution in [2.24, 2.45) is 16.6 Å². The van der Waals surface area contributed by atoms with Gasteiger partial charge in [-0.1, -0.05) is 19.8 Å². The molecule has 1 aromatic heterocycles. The van der Waals surface area contributed by atoms with Gasteiger partial charge in [0.1, 0.15) is 11.7 Å². The molecule has 0 radical (unpaired) electrons. The first-order chi connectivity index (χ1) is 12.9. The number of aliphatic imine (C=N–C) groups is 1. The van der Waals surface area contributed by atoms with Gasteiger partial charge in [-0.05, 0) is 44.7 Å². The fraction of sp³-hybridized carbons (Fsp3) is 0.650. The molecule has 1 fully saturated rings. The Balaban J connectivity index is 2.08. The standard InChI is InChI=1S/C20H33N5O2/c1-4-18(25-16-7-5-6-8-16)15(12-26)11-23-19-17(9-13(2)10-22-19)20(27)24-14(3)21/h9-10,15-16,18,25-26H,4-8,11-12H2,1-3H3,(H,22,23)(H2,21,24,27). The van der Waals surface area contributed by atoms with Gasteiger partial charge in [0.2, 0.25) is 0 Å². The zero-order valence-electron chi connectivity index (χ0n) is 16.7. The van der Waals surface area contributed by atoms with Gasteiger partial charge in [-0.15, -0.1) is 0 Å². The van der Waals surface area contributed by atoms with Crippen LogP contribution in [0.5, 0.6) is 0 Å². The quantitative estimate of drug-likeness (QED) is 0.389. The fourth-order valence-corrected chi connectivity index (χ4v) is 3.64. The van der Waals surface area contributed by atoms with E-state index in [9.17, 15) is 9.90 Å². The molecule has 7 heteroatoms. The molecular formula is C20H33N5O2. The third-order valence-electron chi connectivity index (χ3n) is 5.11. The molecule has 0 spiro atoms. The number of aliphatic hydroxyl groups excluding tert-OH is 1. The average Bonchev–Trinajstić information content (AvgIpc) is 3.14. The third-order valence-corrected chi connectivity index (χ3v) is 5.11. The van der Waals surface area contributed by atoms with E-state index in [1.807, 2.05) is 6.92 Å². The van der Waals surface area contributed by atoms with Gasteiger partial charge < -0.3 is 21.5 Å². The number of aromatic nitrogens is 1. The Kier molecular flexibility index (Phi) is 8.19. The summed E-state index contributed by atoms with van der Waals surface area (Å²) in [5, 5.41) is 16.9. The molecule has 0 aliphatic heterocycles. The van der Waals surface area contributed by atoms with E-state index in [2.05, 4.69) is 27.5 Å². The molecule has 1 amide bonds. The lowest BCUT2D eigenvalue weighted by Gasteiger charge is -2.29. The van der Waals surface area contributed by atoms with E-state index in [1.54, 1.807) is 19.2 Å². The molecule has 0 bridgehead atoms. The maximum Gasteiger partial charge on any atom is 0.282 e. The van der Waals surface area contributed by atoms with Crippen molar-refractivity contribution in [2.75, 3.05) is 18.5 Å². The molecule has 150 valence electrons. The second-order valence-electron chi connectivity index (χ2n) is 7.45. The van der Waals surface area contributed by atoms with Gasteiger partial charge in [0.25, 0.3) is 5.91 Å². The van der Waals surface area contributed by atoms with Crippen LogP contribution in [0.3, 0.4) is 0 Å². The first-order valence-electron chi connectivity index (χ1n) is 9.87. The highest BCUT2D eigenvalue weighted by molar-refractivity contribution is 6.05. The van der Waals surface area contributed by atoms with Crippen LogP contribution in [0.15, 0.2) is 17.3 Å². The van der Waals surface area contributed by atoms with Gasteiger partial charge >= 0.3 is 0 Å². The second kappa shape index (κ2) is 10.4. The van der Waals surface area contributed by atoms with Crippen LogP contribution in [-0.4, -0.2) is 47.1 Å². The van der Waals surface area contributed by atoms with Crippen LogP contribution in [0, 0.1) is 12.8 Å². The van der Waals surface area contributed by atoms with Crippen LogP contribution in [0.25, 0.3) is 0 Å². The summed E-state index contributed by atoms with van der Waals surface area (Å²) < 4.78 is 0. The number of carbonyl (C=O) groups excluding carboxylic acids is 1. The van der Waals surface area contributed by atoms with E-state index in [1.165, 1.54) is 25.7 Å². The largest absolute Gasteiger partial charge is 0.396 e. The Hall–Kier alpha value is -1.99. The number of nitrogens with one attached hydrogen (secondary N) is 2. The fourth-order valence-electron chi connectivity index (χ4n) is 3.64. The maximum absolute atomic E-state index is 12.4. The number of pyridine rings is 1. The summed E-state index contributed by atoms with van der Waals surface area (Å²) >= 11 is 0. The topological polar surface area (TPSA) is 113 Å². The highest BCUT2D eigenvalue weighted by Crippen LogP contribution is 2.21. The SMILES string of the molecule is CCC(NC1CCCC1)C(CO)CNc1ncc(C)cc1C(=O)N=C(C)N. The number of nitrogens with zero attached hydrogens (tertiary/aromatic N) is 2. The predicted octanol–water partition coefficient (Wildman–Crippen LogP) is 2.24. The number of amidine groups is 1. The van der Waals surface area contributed by atoms with Crippen LogP contribution < -0.4 is 16.4 Å². The first kappa shape index (κ1) is 21.3. The number of hydrogen-bond acceptors (Lipinski definition) is 5. The molecular weight excluding hydrogens is 342 g/mol. The van der Waals surface area contributed by atoms with Gasteiger partial charge in [0.05, 0.1) is 5.56 Å². The zero-order valence-corrected chi connectivity index (χ0v) is 16.7. The minimum atomic E-state index is -0.412. The van der Waals surface area contributed by atoms with Gasteiger partial charge in [-0.2, -0.15) is 4.99 Å². The Morgan fingerprint density at radius 2 is 2.15 bits per heavy atom. The van der Waals surface area contributed by atoms with E-state index in [-0.39, 0.29) is 24.4 Å². The monoisotopic (exact) mass is 375 g/mol. The Morgan fingerprint density at radius 3 is 2.74 bits per heavy atom. The van der Waals surface area contributed by atoms with Crippen molar-refractivity contribution in [3.63, 3.8) is 0 Å². The van der Waals surface area contributed by atoms with Crippen LogP contribution in [0.2, 0.25) is 0 Å². The first-order valence-corrected chi connectivity index (χ1v) is 9.87. The molecule has 1 saturated carbocycles. The van der Waals surface area contributed by atoms with Crippen molar-refractivity contribution in [3.8, 4) is 0 Å².